The molecule has 0 aliphatic carbocycles. The van der Waals surface area contributed by atoms with Crippen molar-refractivity contribution in [1.82, 2.24) is 4.90 Å². The van der Waals surface area contributed by atoms with Crippen LogP contribution in [0.4, 0.5) is 8.78 Å². The molecule has 1 fully saturated rings. The zero-order valence-corrected chi connectivity index (χ0v) is 17.4. The van der Waals surface area contributed by atoms with Gasteiger partial charge >= 0.3 is 0 Å². The molecule has 0 saturated carbocycles. The maximum absolute atomic E-state index is 13.8. The first kappa shape index (κ1) is 22.1. The number of nitrogens with zero attached hydrogens (tertiary/aromatic N) is 1. The van der Waals surface area contributed by atoms with Gasteiger partial charge < -0.3 is 4.90 Å². The Hall–Kier alpha value is -2.61. The van der Waals surface area contributed by atoms with Crippen LogP contribution in [0.2, 0.25) is 0 Å². The van der Waals surface area contributed by atoms with Gasteiger partial charge in [0.1, 0.15) is 11.6 Å². The van der Waals surface area contributed by atoms with Crippen LogP contribution in [0.3, 0.4) is 0 Å². The smallest absolute Gasteiger partial charge is 0.223 e. The number of benzene rings is 2. The van der Waals surface area contributed by atoms with Crippen LogP contribution in [0.1, 0.15) is 35.2 Å². The Morgan fingerprint density at radius 3 is 2.30 bits per heavy atom. The van der Waals surface area contributed by atoms with E-state index in [-0.39, 0.29) is 41.6 Å². The first-order valence-corrected chi connectivity index (χ1v) is 11.4. The minimum atomic E-state index is -3.56. The Labute approximate surface area is 174 Å². The number of hydrogen-bond donors (Lipinski definition) is 0. The molecule has 30 heavy (non-hydrogen) atoms. The largest absolute Gasteiger partial charge is 0.343 e. The lowest BCUT2D eigenvalue weighted by Gasteiger charge is -2.31. The van der Waals surface area contributed by atoms with Gasteiger partial charge in [0, 0.05) is 25.4 Å². The quantitative estimate of drug-likeness (QED) is 0.651. The van der Waals surface area contributed by atoms with Crippen LogP contribution >= 0.6 is 0 Å². The fourth-order valence-electron chi connectivity index (χ4n) is 3.54. The van der Waals surface area contributed by atoms with Gasteiger partial charge in [-0.05, 0) is 50.1 Å². The van der Waals surface area contributed by atoms with E-state index < -0.39 is 33.2 Å². The van der Waals surface area contributed by atoms with Gasteiger partial charge in [-0.3, -0.25) is 9.59 Å². The van der Waals surface area contributed by atoms with Crippen LogP contribution in [-0.2, 0) is 14.6 Å². The number of amides is 1. The molecule has 0 aromatic heterocycles. The number of Topliss-reactive ketones (excluding diaryl/α,β-unsaturated/α-hetero) is 1. The van der Waals surface area contributed by atoms with E-state index in [1.807, 2.05) is 6.92 Å². The summed E-state index contributed by atoms with van der Waals surface area (Å²) < 4.78 is 52.0. The van der Waals surface area contributed by atoms with Crippen molar-refractivity contribution in [1.29, 1.82) is 0 Å². The average molecular weight is 435 g/mol. The molecule has 0 bridgehead atoms. The van der Waals surface area contributed by atoms with Gasteiger partial charge in [-0.15, -0.1) is 0 Å². The van der Waals surface area contributed by atoms with Gasteiger partial charge in [0.25, 0.3) is 0 Å². The second-order valence-electron chi connectivity index (χ2n) is 7.53. The van der Waals surface area contributed by atoms with Gasteiger partial charge in [-0.2, -0.15) is 0 Å². The monoisotopic (exact) mass is 435 g/mol. The van der Waals surface area contributed by atoms with Crippen molar-refractivity contribution < 1.29 is 26.8 Å². The number of rotatable bonds is 6. The Kier molecular flexibility index (Phi) is 6.65. The standard InChI is InChI=1S/C22H23F2NO4S/c1-15-2-5-18(6-3-15)30(28,29)13-10-21(26)25-11-8-16(9-12-25)22(27)19-14-17(23)4-7-20(19)24/h2-7,14,16H,8-13H2,1H3. The van der Waals surface area contributed by atoms with Crippen LogP contribution in [0.15, 0.2) is 47.4 Å². The van der Waals surface area contributed by atoms with E-state index in [1.54, 1.807) is 12.1 Å². The lowest BCUT2D eigenvalue weighted by molar-refractivity contribution is -0.132. The molecule has 0 spiro atoms. The van der Waals surface area contributed by atoms with Crippen molar-refractivity contribution >= 4 is 21.5 Å². The SMILES string of the molecule is Cc1ccc(S(=O)(=O)CCC(=O)N2CCC(C(=O)c3cc(F)ccc3F)CC2)cc1. The number of carbonyl (C=O) groups excluding carboxylic acids is 2. The first-order chi connectivity index (χ1) is 14.2. The first-order valence-electron chi connectivity index (χ1n) is 9.74. The Morgan fingerprint density at radius 1 is 1.03 bits per heavy atom. The molecule has 0 atom stereocenters. The number of aryl methyl sites for hydroxylation is 1. The Balaban J connectivity index is 1.54. The molecule has 3 rings (SSSR count). The number of piperidine rings is 1. The van der Waals surface area contributed by atoms with Gasteiger partial charge in [0.05, 0.1) is 16.2 Å². The van der Waals surface area contributed by atoms with Crippen LogP contribution in [0, 0.1) is 24.5 Å². The zero-order valence-electron chi connectivity index (χ0n) is 16.6. The summed E-state index contributed by atoms with van der Waals surface area (Å²) in [7, 11) is -3.56. The highest BCUT2D eigenvalue weighted by Crippen LogP contribution is 2.24. The second-order valence-corrected chi connectivity index (χ2v) is 9.63. The predicted molar refractivity (Wildman–Crippen MR) is 108 cm³/mol. The van der Waals surface area contributed by atoms with Crippen LogP contribution in [0.25, 0.3) is 0 Å². The number of ketones is 1. The normalized spacial score (nSPS) is 15.2. The molecule has 1 heterocycles. The van der Waals surface area contributed by atoms with E-state index >= 15 is 0 Å². The van der Waals surface area contributed by atoms with Crippen molar-refractivity contribution in [3.8, 4) is 0 Å². The molecule has 8 heteroatoms. The summed E-state index contributed by atoms with van der Waals surface area (Å²) in [4.78, 5) is 26.6. The fraction of sp³-hybridized carbons (Fsp3) is 0.364. The van der Waals surface area contributed by atoms with E-state index in [0.29, 0.717) is 12.8 Å². The van der Waals surface area contributed by atoms with E-state index in [2.05, 4.69) is 0 Å². The number of hydrogen-bond acceptors (Lipinski definition) is 4. The topological polar surface area (TPSA) is 71.5 Å². The van der Waals surface area contributed by atoms with Crippen LogP contribution in [0.5, 0.6) is 0 Å². The second kappa shape index (κ2) is 9.04. The number of likely N-dealkylation sites (tertiary alicyclic amines) is 1. The van der Waals surface area contributed by atoms with Crippen LogP contribution in [-0.4, -0.2) is 43.9 Å². The molecule has 0 N–H and O–H groups in total. The summed E-state index contributed by atoms with van der Waals surface area (Å²) in [5, 5.41) is 0. The molecule has 1 aliphatic rings. The van der Waals surface area contributed by atoms with E-state index in [9.17, 15) is 26.8 Å². The average Bonchev–Trinajstić information content (AvgIpc) is 2.74. The van der Waals surface area contributed by atoms with Crippen molar-refractivity contribution in [2.45, 2.75) is 31.1 Å². The summed E-state index contributed by atoms with van der Waals surface area (Å²) in [6.07, 6.45) is 0.504. The minimum Gasteiger partial charge on any atom is -0.343 e. The molecule has 2 aromatic rings. The van der Waals surface area contributed by atoms with Gasteiger partial charge in [-0.1, -0.05) is 17.7 Å². The number of carbonyl (C=O) groups is 2. The van der Waals surface area contributed by atoms with Crippen molar-refractivity contribution in [3.05, 3.63) is 65.2 Å². The van der Waals surface area contributed by atoms with Gasteiger partial charge in [-0.25, -0.2) is 17.2 Å². The van der Waals surface area contributed by atoms with E-state index in [0.717, 1.165) is 23.8 Å². The molecular weight excluding hydrogens is 412 g/mol. The fourth-order valence-corrected chi connectivity index (χ4v) is 4.77. The third-order valence-electron chi connectivity index (χ3n) is 5.38. The molecular formula is C22H23F2NO4S. The van der Waals surface area contributed by atoms with E-state index in [1.165, 1.54) is 17.0 Å². The third kappa shape index (κ3) is 5.11. The highest BCUT2D eigenvalue weighted by molar-refractivity contribution is 7.91. The Morgan fingerprint density at radius 2 is 1.67 bits per heavy atom. The summed E-state index contributed by atoms with van der Waals surface area (Å²) in [5.74, 6) is -3.00. The minimum absolute atomic E-state index is 0.145. The molecule has 1 saturated heterocycles. The molecule has 5 nitrogen and oxygen atoms in total. The molecule has 0 unspecified atom stereocenters. The lowest BCUT2D eigenvalue weighted by Crippen LogP contribution is -2.41. The molecule has 1 aliphatic heterocycles. The molecule has 2 aromatic carbocycles. The summed E-state index contributed by atoms with van der Waals surface area (Å²) >= 11 is 0. The van der Waals surface area contributed by atoms with Crippen molar-refractivity contribution in [2.24, 2.45) is 5.92 Å². The summed E-state index contributed by atoms with van der Waals surface area (Å²) in [5.41, 5.74) is 0.671. The summed E-state index contributed by atoms with van der Waals surface area (Å²) in [6.45, 7) is 2.41. The Bertz CT molecular complexity index is 1040. The van der Waals surface area contributed by atoms with Gasteiger partial charge in [0.2, 0.25) is 5.91 Å². The van der Waals surface area contributed by atoms with E-state index in [4.69, 9.17) is 0 Å². The maximum Gasteiger partial charge on any atom is 0.223 e. The lowest BCUT2D eigenvalue weighted by atomic mass is 9.88. The molecule has 0 radical (unpaired) electrons. The maximum atomic E-state index is 13.8. The zero-order chi connectivity index (χ0) is 21.9. The summed E-state index contributed by atoms with van der Waals surface area (Å²) in [6, 6.07) is 9.24. The predicted octanol–water partition coefficient (Wildman–Crippen LogP) is 3.56. The van der Waals surface area contributed by atoms with Crippen LogP contribution < -0.4 is 0 Å². The highest BCUT2D eigenvalue weighted by Gasteiger charge is 2.30. The number of sulfone groups is 1. The van der Waals surface area contributed by atoms with Crippen molar-refractivity contribution in [2.75, 3.05) is 18.8 Å². The third-order valence-corrected chi connectivity index (χ3v) is 7.11. The van der Waals surface area contributed by atoms with Gasteiger partial charge in [0.15, 0.2) is 15.6 Å². The molecule has 160 valence electrons. The van der Waals surface area contributed by atoms with Crippen molar-refractivity contribution in [3.63, 3.8) is 0 Å². The molecule has 1 amide bonds. The highest BCUT2D eigenvalue weighted by atomic mass is 32.2. The number of halogens is 2.